The fourth-order valence-electron chi connectivity index (χ4n) is 4.56. The van der Waals surface area contributed by atoms with E-state index in [1.807, 2.05) is 38.1 Å². The molecule has 1 aromatic heterocycles. The third-order valence-corrected chi connectivity index (χ3v) is 7.68. The predicted molar refractivity (Wildman–Crippen MR) is 122 cm³/mol. The Hall–Kier alpha value is -2.94. The molecule has 0 bridgehead atoms. The van der Waals surface area contributed by atoms with Gasteiger partial charge in [-0.15, -0.1) is 0 Å². The van der Waals surface area contributed by atoms with Crippen LogP contribution in [0.2, 0.25) is 0 Å². The van der Waals surface area contributed by atoms with Gasteiger partial charge in [-0.1, -0.05) is 37.2 Å². The minimum atomic E-state index is -3.59. The van der Waals surface area contributed by atoms with Gasteiger partial charge in [-0.3, -0.25) is 0 Å². The number of halogens is 1. The van der Waals surface area contributed by atoms with E-state index in [9.17, 15) is 12.8 Å². The quantitative estimate of drug-likeness (QED) is 0.511. The van der Waals surface area contributed by atoms with E-state index in [1.54, 1.807) is 6.07 Å². The highest BCUT2D eigenvalue weighted by molar-refractivity contribution is 7.90. The van der Waals surface area contributed by atoms with Crippen LogP contribution in [0.3, 0.4) is 0 Å². The van der Waals surface area contributed by atoms with Crippen molar-refractivity contribution >= 4 is 15.9 Å². The summed E-state index contributed by atoms with van der Waals surface area (Å²) in [6.45, 7) is 6.56. The van der Waals surface area contributed by atoms with Crippen LogP contribution in [0.25, 0.3) is 11.1 Å². The number of rotatable bonds is 7. The van der Waals surface area contributed by atoms with Gasteiger partial charge < -0.3 is 14.2 Å². The van der Waals surface area contributed by atoms with Gasteiger partial charge in [-0.05, 0) is 47.2 Å². The molecule has 1 aliphatic carbocycles. The van der Waals surface area contributed by atoms with Crippen LogP contribution in [0, 0.1) is 23.6 Å². The molecule has 3 atom stereocenters. The van der Waals surface area contributed by atoms with E-state index in [0.717, 1.165) is 36.5 Å². The molecular formula is C24H26FN3O4S. The molecule has 1 unspecified atom stereocenters. The molecule has 2 fully saturated rings. The summed E-state index contributed by atoms with van der Waals surface area (Å²) in [4.78, 5) is 6.35. The molecule has 33 heavy (non-hydrogen) atoms. The third kappa shape index (κ3) is 4.34. The Kier molecular flexibility index (Phi) is 5.39. The highest BCUT2D eigenvalue weighted by atomic mass is 32.2. The van der Waals surface area contributed by atoms with Crippen molar-refractivity contribution in [2.75, 3.05) is 30.9 Å². The topological polar surface area (TPSA) is 85.5 Å². The van der Waals surface area contributed by atoms with Crippen molar-refractivity contribution < 1.29 is 22.1 Å². The van der Waals surface area contributed by atoms with Crippen LogP contribution in [-0.2, 0) is 9.84 Å². The fourth-order valence-corrected chi connectivity index (χ4v) is 5.29. The maximum atomic E-state index is 14.2. The van der Waals surface area contributed by atoms with Crippen LogP contribution < -0.4 is 9.64 Å². The summed E-state index contributed by atoms with van der Waals surface area (Å²) in [5.74, 6) is 2.68. The Morgan fingerprint density at radius 2 is 1.79 bits per heavy atom. The zero-order chi connectivity index (χ0) is 23.3. The normalized spacial score (nSPS) is 22.0. The number of ether oxygens (including phenoxy) is 1. The highest BCUT2D eigenvalue weighted by Gasteiger charge is 2.56. The number of piperidine rings is 1. The van der Waals surface area contributed by atoms with Gasteiger partial charge >= 0.3 is 6.01 Å². The summed E-state index contributed by atoms with van der Waals surface area (Å²) in [5, 5.41) is 4.04. The van der Waals surface area contributed by atoms with Crippen LogP contribution in [0.5, 0.6) is 5.75 Å². The predicted octanol–water partition coefficient (Wildman–Crippen LogP) is 4.16. The lowest BCUT2D eigenvalue weighted by atomic mass is 10.1. The first-order chi connectivity index (χ1) is 15.7. The second kappa shape index (κ2) is 8.13. The summed E-state index contributed by atoms with van der Waals surface area (Å²) in [7, 11) is -3.59. The number of hydrogen-bond donors (Lipinski definition) is 0. The summed E-state index contributed by atoms with van der Waals surface area (Å²) in [5.41, 5.74) is 1.41. The molecule has 1 saturated carbocycles. The number of fused-ring (bicyclic) bond motifs is 1. The standard InChI is InChI=1S/C24H26FN3O4S/c1-14(2)23-26-24(32-27-23)28-11-18-19(12-28)20(18)13-31-17-7-4-15(5-8-17)16-6-9-22(21(25)10-16)33(3,29)30/h4-10,14,18-20H,11-13H2,1-3H3/t18-,19?,20+/m1/s1. The molecule has 3 aromatic rings. The number of nitrogens with zero attached hydrogens (tertiary/aromatic N) is 3. The Morgan fingerprint density at radius 1 is 1.12 bits per heavy atom. The molecule has 0 spiro atoms. The highest BCUT2D eigenvalue weighted by Crippen LogP contribution is 2.52. The molecule has 1 saturated heterocycles. The van der Waals surface area contributed by atoms with E-state index in [1.165, 1.54) is 12.1 Å². The minimum Gasteiger partial charge on any atom is -0.493 e. The van der Waals surface area contributed by atoms with Crippen molar-refractivity contribution in [1.29, 1.82) is 0 Å². The van der Waals surface area contributed by atoms with Crippen molar-refractivity contribution in [3.63, 3.8) is 0 Å². The largest absolute Gasteiger partial charge is 0.493 e. The molecule has 7 nitrogen and oxygen atoms in total. The van der Waals surface area contributed by atoms with E-state index < -0.39 is 15.7 Å². The zero-order valence-corrected chi connectivity index (χ0v) is 19.5. The maximum absolute atomic E-state index is 14.2. The molecule has 0 N–H and O–H groups in total. The number of sulfone groups is 1. The van der Waals surface area contributed by atoms with Crippen LogP contribution in [0.1, 0.15) is 25.6 Å². The van der Waals surface area contributed by atoms with Crippen LogP contribution in [-0.4, -0.2) is 44.5 Å². The van der Waals surface area contributed by atoms with Crippen molar-refractivity contribution in [2.45, 2.75) is 24.7 Å². The van der Waals surface area contributed by atoms with Crippen molar-refractivity contribution in [1.82, 2.24) is 10.1 Å². The average Bonchev–Trinajstić information content (AvgIpc) is 3.15. The number of aromatic nitrogens is 2. The Bertz CT molecular complexity index is 1260. The second-order valence-corrected chi connectivity index (χ2v) is 11.2. The van der Waals surface area contributed by atoms with E-state index in [0.29, 0.717) is 35.9 Å². The smallest absolute Gasteiger partial charge is 0.324 e. The first-order valence-electron chi connectivity index (χ1n) is 11.0. The number of hydrogen-bond acceptors (Lipinski definition) is 7. The van der Waals surface area contributed by atoms with Crippen LogP contribution >= 0.6 is 0 Å². The number of anilines is 1. The van der Waals surface area contributed by atoms with Gasteiger partial charge in [-0.25, -0.2) is 12.8 Å². The maximum Gasteiger partial charge on any atom is 0.324 e. The molecule has 2 aromatic carbocycles. The molecule has 174 valence electrons. The molecule has 2 aliphatic rings. The van der Waals surface area contributed by atoms with Gasteiger partial charge in [0.15, 0.2) is 15.7 Å². The minimum absolute atomic E-state index is 0.248. The monoisotopic (exact) mass is 471 g/mol. The molecule has 1 aliphatic heterocycles. The lowest BCUT2D eigenvalue weighted by Gasteiger charge is -2.17. The summed E-state index contributed by atoms with van der Waals surface area (Å²) >= 11 is 0. The van der Waals surface area contributed by atoms with E-state index >= 15 is 0 Å². The average molecular weight is 472 g/mol. The van der Waals surface area contributed by atoms with E-state index in [-0.39, 0.29) is 10.8 Å². The first kappa shape index (κ1) is 21.9. The van der Waals surface area contributed by atoms with E-state index in [2.05, 4.69) is 15.0 Å². The molecule has 5 rings (SSSR count). The van der Waals surface area contributed by atoms with Gasteiger partial charge in [-0.2, -0.15) is 4.98 Å². The molecule has 2 heterocycles. The lowest BCUT2D eigenvalue weighted by molar-refractivity contribution is 0.282. The van der Waals surface area contributed by atoms with Crippen molar-refractivity contribution in [2.24, 2.45) is 17.8 Å². The van der Waals surface area contributed by atoms with Crippen LogP contribution in [0.4, 0.5) is 10.4 Å². The Balaban J connectivity index is 1.15. The van der Waals surface area contributed by atoms with Gasteiger partial charge in [0.05, 0.1) is 6.61 Å². The molecular weight excluding hydrogens is 445 g/mol. The van der Waals surface area contributed by atoms with Gasteiger partial charge in [0.25, 0.3) is 0 Å². The van der Waals surface area contributed by atoms with Gasteiger partial charge in [0.1, 0.15) is 16.5 Å². The van der Waals surface area contributed by atoms with Crippen LogP contribution in [0.15, 0.2) is 51.9 Å². The van der Waals surface area contributed by atoms with Gasteiger partial charge in [0, 0.05) is 31.2 Å². The third-order valence-electron chi connectivity index (χ3n) is 6.55. The first-order valence-corrected chi connectivity index (χ1v) is 12.9. The summed E-state index contributed by atoms with van der Waals surface area (Å²) < 4.78 is 48.8. The zero-order valence-electron chi connectivity index (χ0n) is 18.7. The summed E-state index contributed by atoms with van der Waals surface area (Å²) in [6, 6.07) is 12.2. The molecule has 0 amide bonds. The second-order valence-electron chi connectivity index (χ2n) is 9.24. The van der Waals surface area contributed by atoms with Crippen molar-refractivity contribution in [3.05, 3.63) is 54.1 Å². The Labute approximate surface area is 192 Å². The Morgan fingerprint density at radius 3 is 2.36 bits per heavy atom. The summed E-state index contributed by atoms with van der Waals surface area (Å²) in [6.07, 6.45) is 0.997. The molecule has 0 radical (unpaired) electrons. The lowest BCUT2D eigenvalue weighted by Crippen LogP contribution is -2.25. The van der Waals surface area contributed by atoms with E-state index in [4.69, 9.17) is 9.26 Å². The molecule has 9 heteroatoms. The SMILES string of the molecule is CC(C)c1noc(N2CC3[C@@H](COc4ccc(-c5ccc(S(C)(=O)=O)c(F)c5)cc4)[C@@H]3C2)n1. The number of benzene rings is 2. The van der Waals surface area contributed by atoms with Gasteiger partial charge in [0.2, 0.25) is 0 Å². The fraction of sp³-hybridized carbons (Fsp3) is 0.417. The van der Waals surface area contributed by atoms with Crippen molar-refractivity contribution in [3.8, 4) is 16.9 Å².